The van der Waals surface area contributed by atoms with Gasteiger partial charge in [0.05, 0.1) is 5.92 Å². The van der Waals surface area contributed by atoms with Crippen molar-refractivity contribution < 1.29 is 14.7 Å². The van der Waals surface area contributed by atoms with E-state index in [1.165, 1.54) is 0 Å². The first kappa shape index (κ1) is 12.4. The predicted molar refractivity (Wildman–Crippen MR) is 62.6 cm³/mol. The lowest BCUT2D eigenvalue weighted by Gasteiger charge is -2.22. The van der Waals surface area contributed by atoms with E-state index in [0.717, 1.165) is 32.2 Å². The van der Waals surface area contributed by atoms with Crippen LogP contribution in [0, 0.1) is 5.92 Å². The van der Waals surface area contributed by atoms with E-state index in [4.69, 9.17) is 5.11 Å². The highest BCUT2D eigenvalue weighted by atomic mass is 16.4. The van der Waals surface area contributed by atoms with Crippen LogP contribution >= 0.6 is 0 Å². The SMILES string of the molecule is CNC(=O)CCCN1C2CCC1C(C(=O)O)C2. The summed E-state index contributed by atoms with van der Waals surface area (Å²) >= 11 is 0. The summed E-state index contributed by atoms with van der Waals surface area (Å²) in [6.07, 6.45) is 4.26. The van der Waals surface area contributed by atoms with Gasteiger partial charge in [0, 0.05) is 25.6 Å². The zero-order valence-electron chi connectivity index (χ0n) is 10.2. The molecular weight excluding hydrogens is 220 g/mol. The van der Waals surface area contributed by atoms with E-state index in [2.05, 4.69) is 10.2 Å². The zero-order valence-corrected chi connectivity index (χ0v) is 10.2. The number of rotatable bonds is 5. The Kier molecular flexibility index (Phi) is 3.66. The van der Waals surface area contributed by atoms with Gasteiger partial charge < -0.3 is 10.4 Å². The van der Waals surface area contributed by atoms with Crippen LogP contribution < -0.4 is 5.32 Å². The molecule has 2 heterocycles. The van der Waals surface area contributed by atoms with E-state index in [1.54, 1.807) is 7.05 Å². The van der Waals surface area contributed by atoms with Crippen LogP contribution in [0.15, 0.2) is 0 Å². The first-order chi connectivity index (χ1) is 8.13. The number of amides is 1. The van der Waals surface area contributed by atoms with Crippen molar-refractivity contribution in [2.24, 2.45) is 5.92 Å². The summed E-state index contributed by atoms with van der Waals surface area (Å²) in [4.78, 5) is 24.5. The number of carbonyl (C=O) groups excluding carboxylic acids is 1. The summed E-state index contributed by atoms with van der Waals surface area (Å²) in [5.74, 6) is -0.784. The van der Waals surface area contributed by atoms with Crippen LogP contribution in [0.3, 0.4) is 0 Å². The van der Waals surface area contributed by atoms with Crippen molar-refractivity contribution in [3.63, 3.8) is 0 Å². The van der Waals surface area contributed by atoms with Crippen LogP contribution in [0.25, 0.3) is 0 Å². The molecule has 0 aliphatic carbocycles. The molecule has 2 N–H and O–H groups in total. The third kappa shape index (κ3) is 2.44. The van der Waals surface area contributed by atoms with Gasteiger partial charge in [0.1, 0.15) is 0 Å². The van der Waals surface area contributed by atoms with E-state index < -0.39 is 5.97 Å². The second-order valence-corrected chi connectivity index (χ2v) is 4.99. The standard InChI is InChI=1S/C12H20N2O3/c1-13-11(15)3-2-6-14-8-4-5-10(14)9(7-8)12(16)17/h8-10H,2-7H2,1H3,(H,13,15)(H,16,17). The lowest BCUT2D eigenvalue weighted by atomic mass is 9.89. The molecule has 0 saturated carbocycles. The Labute approximate surface area is 101 Å². The first-order valence-electron chi connectivity index (χ1n) is 6.32. The van der Waals surface area contributed by atoms with Gasteiger partial charge in [-0.05, 0) is 32.2 Å². The second kappa shape index (κ2) is 5.04. The first-order valence-corrected chi connectivity index (χ1v) is 6.32. The van der Waals surface area contributed by atoms with Crippen LogP contribution in [0.5, 0.6) is 0 Å². The van der Waals surface area contributed by atoms with Crippen molar-refractivity contribution in [1.29, 1.82) is 0 Å². The Balaban J connectivity index is 1.82. The molecule has 2 aliphatic rings. The maximum Gasteiger partial charge on any atom is 0.308 e. The molecule has 17 heavy (non-hydrogen) atoms. The summed E-state index contributed by atoms with van der Waals surface area (Å²) < 4.78 is 0. The van der Waals surface area contributed by atoms with E-state index in [0.29, 0.717) is 12.5 Å². The highest BCUT2D eigenvalue weighted by molar-refractivity contribution is 5.75. The lowest BCUT2D eigenvalue weighted by molar-refractivity contribution is -0.142. The Morgan fingerprint density at radius 3 is 2.76 bits per heavy atom. The molecule has 3 atom stereocenters. The molecular formula is C12H20N2O3. The third-order valence-corrected chi connectivity index (χ3v) is 4.10. The van der Waals surface area contributed by atoms with Gasteiger partial charge in [-0.3, -0.25) is 14.5 Å². The molecule has 1 amide bonds. The molecule has 0 aromatic carbocycles. The number of hydrogen-bond acceptors (Lipinski definition) is 3. The summed E-state index contributed by atoms with van der Waals surface area (Å²) in [7, 11) is 1.64. The number of carboxylic acid groups (broad SMARTS) is 1. The molecule has 3 unspecified atom stereocenters. The number of aliphatic carboxylic acids is 1. The minimum atomic E-state index is -0.659. The molecule has 0 radical (unpaired) electrons. The van der Waals surface area contributed by atoms with Gasteiger partial charge in [-0.1, -0.05) is 0 Å². The Morgan fingerprint density at radius 1 is 1.41 bits per heavy atom. The van der Waals surface area contributed by atoms with Crippen molar-refractivity contribution in [3.8, 4) is 0 Å². The fourth-order valence-corrected chi connectivity index (χ4v) is 3.26. The van der Waals surface area contributed by atoms with Crippen LogP contribution in [0.2, 0.25) is 0 Å². The Bertz CT molecular complexity index is 319. The minimum absolute atomic E-state index is 0.0614. The summed E-state index contributed by atoms with van der Waals surface area (Å²) in [5.41, 5.74) is 0. The lowest BCUT2D eigenvalue weighted by Crippen LogP contribution is -2.34. The summed E-state index contributed by atoms with van der Waals surface area (Å²) in [6.45, 7) is 0.854. The summed E-state index contributed by atoms with van der Waals surface area (Å²) in [5, 5.41) is 11.7. The number of nitrogens with one attached hydrogen (secondary N) is 1. The fourth-order valence-electron chi connectivity index (χ4n) is 3.26. The molecule has 2 bridgehead atoms. The molecule has 2 rings (SSSR count). The average Bonchev–Trinajstić information content (AvgIpc) is 2.86. The van der Waals surface area contributed by atoms with Crippen molar-refractivity contribution >= 4 is 11.9 Å². The van der Waals surface area contributed by atoms with E-state index in [-0.39, 0.29) is 17.9 Å². The maximum absolute atomic E-state index is 11.1. The molecule has 2 fully saturated rings. The third-order valence-electron chi connectivity index (χ3n) is 4.10. The minimum Gasteiger partial charge on any atom is -0.481 e. The molecule has 5 nitrogen and oxygen atoms in total. The highest BCUT2D eigenvalue weighted by Crippen LogP contribution is 2.41. The molecule has 2 aliphatic heterocycles. The van der Waals surface area contributed by atoms with Gasteiger partial charge in [-0.15, -0.1) is 0 Å². The zero-order chi connectivity index (χ0) is 12.4. The monoisotopic (exact) mass is 240 g/mol. The predicted octanol–water partition coefficient (Wildman–Crippen LogP) is 0.450. The van der Waals surface area contributed by atoms with E-state index in [9.17, 15) is 9.59 Å². The van der Waals surface area contributed by atoms with Crippen LogP contribution in [-0.2, 0) is 9.59 Å². The number of hydrogen-bond donors (Lipinski definition) is 2. The number of carbonyl (C=O) groups is 2. The highest BCUT2D eigenvalue weighted by Gasteiger charge is 2.48. The van der Waals surface area contributed by atoms with Crippen molar-refractivity contribution in [3.05, 3.63) is 0 Å². The molecule has 0 aromatic rings. The van der Waals surface area contributed by atoms with E-state index in [1.807, 2.05) is 0 Å². The van der Waals surface area contributed by atoms with Crippen LogP contribution in [0.1, 0.15) is 32.1 Å². The van der Waals surface area contributed by atoms with Gasteiger partial charge in [0.15, 0.2) is 0 Å². The van der Waals surface area contributed by atoms with Gasteiger partial charge >= 0.3 is 5.97 Å². The summed E-state index contributed by atoms with van der Waals surface area (Å²) in [6, 6.07) is 0.646. The van der Waals surface area contributed by atoms with Gasteiger partial charge in [0.25, 0.3) is 0 Å². The topological polar surface area (TPSA) is 69.6 Å². The number of nitrogens with zero attached hydrogens (tertiary/aromatic N) is 1. The van der Waals surface area contributed by atoms with Gasteiger partial charge in [-0.25, -0.2) is 0 Å². The smallest absolute Gasteiger partial charge is 0.308 e. The Morgan fingerprint density at radius 2 is 2.18 bits per heavy atom. The normalized spacial score (nSPS) is 31.7. The number of fused-ring (bicyclic) bond motifs is 2. The number of carboxylic acids is 1. The van der Waals surface area contributed by atoms with Crippen LogP contribution in [0.4, 0.5) is 0 Å². The Hall–Kier alpha value is -1.10. The second-order valence-electron chi connectivity index (χ2n) is 4.99. The molecule has 0 aromatic heterocycles. The molecule has 0 spiro atoms. The van der Waals surface area contributed by atoms with Crippen molar-refractivity contribution in [2.45, 2.75) is 44.2 Å². The molecule has 5 heteroatoms. The van der Waals surface area contributed by atoms with Crippen molar-refractivity contribution in [2.75, 3.05) is 13.6 Å². The molecule has 96 valence electrons. The largest absolute Gasteiger partial charge is 0.481 e. The maximum atomic E-state index is 11.1. The van der Waals surface area contributed by atoms with E-state index >= 15 is 0 Å². The van der Waals surface area contributed by atoms with Crippen molar-refractivity contribution in [1.82, 2.24) is 10.2 Å². The fraction of sp³-hybridized carbons (Fsp3) is 0.833. The van der Waals surface area contributed by atoms with Crippen LogP contribution in [-0.4, -0.2) is 47.6 Å². The quantitative estimate of drug-likeness (QED) is 0.732. The average molecular weight is 240 g/mol. The van der Waals surface area contributed by atoms with Gasteiger partial charge in [0.2, 0.25) is 5.91 Å². The molecule has 2 saturated heterocycles. The van der Waals surface area contributed by atoms with Gasteiger partial charge in [-0.2, -0.15) is 0 Å².